The minimum Gasteiger partial charge on any atom is -0.317 e. The summed E-state index contributed by atoms with van der Waals surface area (Å²) in [5, 5.41) is 4.06. The van der Waals surface area contributed by atoms with Gasteiger partial charge in [-0.1, -0.05) is 40.5 Å². The third-order valence-electron chi connectivity index (χ3n) is 2.66. The summed E-state index contributed by atoms with van der Waals surface area (Å²) in [6, 6.07) is 6.47. The molecule has 0 spiro atoms. The van der Waals surface area contributed by atoms with E-state index in [0.717, 1.165) is 9.50 Å². The minimum absolute atomic E-state index is 0.417. The maximum Gasteiger partial charge on any atom is 0.0452 e. The van der Waals surface area contributed by atoms with Gasteiger partial charge in [0.25, 0.3) is 0 Å². The van der Waals surface area contributed by atoms with Crippen LogP contribution in [-0.4, -0.2) is 13.1 Å². The highest BCUT2D eigenvalue weighted by molar-refractivity contribution is 9.10. The van der Waals surface area contributed by atoms with Crippen molar-refractivity contribution in [2.24, 2.45) is 0 Å². The van der Waals surface area contributed by atoms with E-state index in [4.69, 9.17) is 11.6 Å². The Balaban J connectivity index is 2.95. The van der Waals surface area contributed by atoms with Crippen LogP contribution in [0, 0.1) is 0 Å². The van der Waals surface area contributed by atoms with Gasteiger partial charge in [0.15, 0.2) is 0 Å². The molecule has 3 heteroatoms. The van der Waals surface area contributed by atoms with E-state index in [0.29, 0.717) is 12.0 Å². The lowest BCUT2D eigenvalue weighted by Crippen LogP contribution is -2.27. The quantitative estimate of drug-likeness (QED) is 0.885. The fourth-order valence-electron chi connectivity index (χ4n) is 1.39. The number of nitrogens with one attached hydrogen (secondary N) is 1. The summed E-state index contributed by atoms with van der Waals surface area (Å²) in [7, 11) is 1.97. The average molecular weight is 277 g/mol. The van der Waals surface area contributed by atoms with Gasteiger partial charge in [-0.25, -0.2) is 0 Å². The van der Waals surface area contributed by atoms with Crippen LogP contribution in [0.15, 0.2) is 22.7 Å². The van der Waals surface area contributed by atoms with Crippen molar-refractivity contribution in [2.75, 3.05) is 7.05 Å². The molecule has 0 aromatic heterocycles. The predicted molar refractivity (Wildman–Crippen MR) is 66.1 cm³/mol. The monoisotopic (exact) mass is 275 g/mol. The molecule has 0 heterocycles. The first-order valence-electron chi connectivity index (χ1n) is 4.68. The molecule has 0 radical (unpaired) electrons. The highest BCUT2D eigenvalue weighted by Gasteiger charge is 2.15. The summed E-state index contributed by atoms with van der Waals surface area (Å²) in [5.74, 6) is 0.417. The first kappa shape index (κ1) is 12.0. The maximum absolute atomic E-state index is 6.17. The molecule has 0 aliphatic rings. The van der Waals surface area contributed by atoms with Crippen LogP contribution in [-0.2, 0) is 0 Å². The zero-order valence-electron chi connectivity index (χ0n) is 8.64. The van der Waals surface area contributed by atoms with E-state index in [9.17, 15) is 0 Å². The topological polar surface area (TPSA) is 12.0 Å². The second-order valence-corrected chi connectivity index (χ2v) is 4.85. The fraction of sp³-hybridized carbons (Fsp3) is 0.455. The number of rotatable bonds is 3. The highest BCUT2D eigenvalue weighted by Crippen LogP contribution is 2.29. The molecule has 1 nitrogen and oxygen atoms in total. The first-order valence-corrected chi connectivity index (χ1v) is 5.85. The summed E-state index contributed by atoms with van der Waals surface area (Å²) < 4.78 is 1.02. The Hall–Kier alpha value is -0.0500. The molecule has 1 N–H and O–H groups in total. The molecule has 0 saturated heterocycles. The molecule has 1 aromatic carbocycles. The van der Waals surface area contributed by atoms with Gasteiger partial charge in [0.05, 0.1) is 0 Å². The smallest absolute Gasteiger partial charge is 0.0452 e. The van der Waals surface area contributed by atoms with Gasteiger partial charge in [-0.2, -0.15) is 0 Å². The normalized spacial score (nSPS) is 15.2. The number of likely N-dealkylation sites (N-methyl/N-ethyl adjacent to an activating group) is 1. The summed E-state index contributed by atoms with van der Waals surface area (Å²) >= 11 is 9.57. The second-order valence-electron chi connectivity index (χ2n) is 3.53. The van der Waals surface area contributed by atoms with E-state index < -0.39 is 0 Å². The van der Waals surface area contributed by atoms with E-state index in [1.54, 1.807) is 0 Å². The van der Waals surface area contributed by atoms with Crippen molar-refractivity contribution < 1.29 is 0 Å². The summed E-state index contributed by atoms with van der Waals surface area (Å²) in [5.41, 5.74) is 1.19. The van der Waals surface area contributed by atoms with Crippen LogP contribution in [0.2, 0.25) is 5.02 Å². The van der Waals surface area contributed by atoms with Crippen LogP contribution in [0.1, 0.15) is 25.3 Å². The third kappa shape index (κ3) is 2.72. The molecule has 0 aliphatic carbocycles. The Morgan fingerprint density at radius 3 is 2.50 bits per heavy atom. The molecule has 1 rings (SSSR count). The summed E-state index contributed by atoms with van der Waals surface area (Å²) in [6.45, 7) is 4.33. The van der Waals surface area contributed by atoms with Crippen LogP contribution in [0.4, 0.5) is 0 Å². The van der Waals surface area contributed by atoms with E-state index in [1.807, 2.05) is 19.2 Å². The van der Waals surface area contributed by atoms with E-state index in [-0.39, 0.29) is 0 Å². The second kappa shape index (κ2) is 5.15. The van der Waals surface area contributed by atoms with Crippen molar-refractivity contribution in [3.05, 3.63) is 33.3 Å². The van der Waals surface area contributed by atoms with Gasteiger partial charge in [0, 0.05) is 15.5 Å². The molecule has 0 bridgehead atoms. The molecule has 0 fully saturated rings. The Bertz CT molecular complexity index is 314. The number of halogens is 2. The van der Waals surface area contributed by atoms with Crippen LogP contribution in [0.5, 0.6) is 0 Å². The molecule has 14 heavy (non-hydrogen) atoms. The van der Waals surface area contributed by atoms with Crippen molar-refractivity contribution >= 4 is 27.5 Å². The Kier molecular flexibility index (Phi) is 4.42. The van der Waals surface area contributed by atoms with E-state index >= 15 is 0 Å². The third-order valence-corrected chi connectivity index (χ3v) is 3.48. The number of hydrogen-bond acceptors (Lipinski definition) is 1. The Morgan fingerprint density at radius 2 is 2.00 bits per heavy atom. The van der Waals surface area contributed by atoms with Crippen molar-refractivity contribution in [2.45, 2.75) is 25.8 Å². The van der Waals surface area contributed by atoms with Gasteiger partial charge < -0.3 is 5.32 Å². The lowest BCUT2D eigenvalue weighted by atomic mass is 9.94. The SMILES string of the molecule is CNC(C)C(C)c1ccc(Br)cc1Cl. The van der Waals surface area contributed by atoms with E-state index in [2.05, 4.69) is 41.2 Å². The Morgan fingerprint density at radius 1 is 1.36 bits per heavy atom. The van der Waals surface area contributed by atoms with Gasteiger partial charge >= 0.3 is 0 Å². The number of benzene rings is 1. The molecule has 78 valence electrons. The molecule has 0 aliphatic heterocycles. The maximum atomic E-state index is 6.17. The van der Waals surface area contributed by atoms with Crippen molar-refractivity contribution in [3.8, 4) is 0 Å². The molecule has 2 atom stereocenters. The van der Waals surface area contributed by atoms with Crippen LogP contribution in [0.3, 0.4) is 0 Å². The predicted octanol–water partition coefficient (Wildman–Crippen LogP) is 3.81. The summed E-state index contributed by atoms with van der Waals surface area (Å²) in [4.78, 5) is 0. The number of hydrogen-bond donors (Lipinski definition) is 1. The summed E-state index contributed by atoms with van der Waals surface area (Å²) in [6.07, 6.45) is 0. The van der Waals surface area contributed by atoms with E-state index in [1.165, 1.54) is 5.56 Å². The molecule has 1 aromatic rings. The van der Waals surface area contributed by atoms with Crippen LogP contribution in [0.25, 0.3) is 0 Å². The molecular weight excluding hydrogens is 261 g/mol. The van der Waals surface area contributed by atoms with Gasteiger partial charge in [0.2, 0.25) is 0 Å². The minimum atomic E-state index is 0.417. The van der Waals surface area contributed by atoms with Gasteiger partial charge in [-0.05, 0) is 37.6 Å². The largest absolute Gasteiger partial charge is 0.317 e. The lowest BCUT2D eigenvalue weighted by molar-refractivity contribution is 0.524. The van der Waals surface area contributed by atoms with Crippen molar-refractivity contribution in [1.29, 1.82) is 0 Å². The van der Waals surface area contributed by atoms with Crippen molar-refractivity contribution in [3.63, 3.8) is 0 Å². The average Bonchev–Trinajstić information content (AvgIpc) is 2.15. The zero-order valence-corrected chi connectivity index (χ0v) is 11.0. The van der Waals surface area contributed by atoms with Gasteiger partial charge in [-0.15, -0.1) is 0 Å². The molecular formula is C11H15BrClN. The first-order chi connectivity index (χ1) is 6.56. The van der Waals surface area contributed by atoms with Crippen molar-refractivity contribution in [1.82, 2.24) is 5.32 Å². The molecule has 0 saturated carbocycles. The standard InChI is InChI=1S/C11H15BrClN/c1-7(8(2)14-3)10-5-4-9(12)6-11(10)13/h4-8,14H,1-3H3. The Labute approximate surface area is 99.0 Å². The van der Waals surface area contributed by atoms with Crippen LogP contribution >= 0.6 is 27.5 Å². The zero-order chi connectivity index (χ0) is 10.7. The van der Waals surface area contributed by atoms with Crippen LogP contribution < -0.4 is 5.32 Å². The lowest BCUT2D eigenvalue weighted by Gasteiger charge is -2.20. The molecule has 2 unspecified atom stereocenters. The fourth-order valence-corrected chi connectivity index (χ4v) is 2.24. The highest BCUT2D eigenvalue weighted by atomic mass is 79.9. The van der Waals surface area contributed by atoms with Gasteiger partial charge in [-0.3, -0.25) is 0 Å². The van der Waals surface area contributed by atoms with Gasteiger partial charge in [0.1, 0.15) is 0 Å². The molecule has 0 amide bonds.